The third kappa shape index (κ3) is 2.42. The number of nitrogens with zero attached hydrogens (tertiary/aromatic N) is 1. The van der Waals surface area contributed by atoms with Gasteiger partial charge in [0.15, 0.2) is 0 Å². The molecule has 1 aliphatic heterocycles. The van der Waals surface area contributed by atoms with Crippen LogP contribution in [0.1, 0.15) is 36.5 Å². The number of carbonyl (C=O) groups is 1. The van der Waals surface area contributed by atoms with E-state index >= 15 is 0 Å². The van der Waals surface area contributed by atoms with E-state index in [1.54, 1.807) is 25.3 Å². The normalized spacial score (nSPS) is 19.0. The van der Waals surface area contributed by atoms with Gasteiger partial charge in [-0.3, -0.25) is 4.79 Å². The fourth-order valence-corrected chi connectivity index (χ4v) is 2.56. The first-order chi connectivity index (χ1) is 8.65. The molecule has 0 spiro atoms. The molecular weight excluding hydrogens is 228 g/mol. The number of rotatable bonds is 3. The molecule has 98 valence electrons. The van der Waals surface area contributed by atoms with Crippen molar-refractivity contribution in [2.45, 2.75) is 32.2 Å². The zero-order valence-electron chi connectivity index (χ0n) is 11.0. The van der Waals surface area contributed by atoms with Gasteiger partial charge in [-0.25, -0.2) is 0 Å². The second-order valence-corrected chi connectivity index (χ2v) is 4.70. The lowest BCUT2D eigenvalue weighted by Gasteiger charge is -2.24. The van der Waals surface area contributed by atoms with Gasteiger partial charge in [0.2, 0.25) is 0 Å². The maximum Gasteiger partial charge on any atom is 0.254 e. The highest BCUT2D eigenvalue weighted by Gasteiger charge is 2.28. The van der Waals surface area contributed by atoms with Crippen LogP contribution in [0.25, 0.3) is 0 Å². The van der Waals surface area contributed by atoms with Crippen molar-refractivity contribution in [3.05, 3.63) is 23.8 Å². The Bertz CT molecular complexity index is 445. The van der Waals surface area contributed by atoms with E-state index in [0.717, 1.165) is 25.8 Å². The second-order valence-electron chi connectivity index (χ2n) is 4.70. The second kappa shape index (κ2) is 5.29. The summed E-state index contributed by atoms with van der Waals surface area (Å²) >= 11 is 0. The molecule has 1 aromatic rings. The third-order valence-corrected chi connectivity index (χ3v) is 3.52. The molecule has 1 heterocycles. The minimum atomic E-state index is 0.0601. The summed E-state index contributed by atoms with van der Waals surface area (Å²) in [5.74, 6) is 0.690. The van der Waals surface area contributed by atoms with Gasteiger partial charge in [0.1, 0.15) is 5.75 Å². The van der Waals surface area contributed by atoms with E-state index in [0.29, 0.717) is 23.0 Å². The SMILES string of the molecule is CCC1CCCN1C(=O)c1cc(N)cc(OC)c1. The fourth-order valence-electron chi connectivity index (χ4n) is 2.56. The quantitative estimate of drug-likeness (QED) is 0.835. The molecule has 4 heteroatoms. The molecule has 1 aromatic carbocycles. The van der Waals surface area contributed by atoms with Gasteiger partial charge in [0.05, 0.1) is 7.11 Å². The Morgan fingerprint density at radius 1 is 1.50 bits per heavy atom. The Morgan fingerprint density at radius 2 is 2.28 bits per heavy atom. The van der Waals surface area contributed by atoms with Gasteiger partial charge in [0, 0.05) is 29.9 Å². The lowest BCUT2D eigenvalue weighted by Crippen LogP contribution is -2.35. The first-order valence-corrected chi connectivity index (χ1v) is 6.41. The van der Waals surface area contributed by atoms with Crippen molar-refractivity contribution in [3.8, 4) is 5.75 Å². The maximum atomic E-state index is 12.5. The summed E-state index contributed by atoms with van der Waals surface area (Å²) < 4.78 is 5.15. The van der Waals surface area contributed by atoms with E-state index in [9.17, 15) is 4.79 Å². The van der Waals surface area contributed by atoms with E-state index in [-0.39, 0.29) is 5.91 Å². The van der Waals surface area contributed by atoms with E-state index < -0.39 is 0 Å². The van der Waals surface area contributed by atoms with Crippen LogP contribution >= 0.6 is 0 Å². The number of anilines is 1. The first kappa shape index (κ1) is 12.7. The van der Waals surface area contributed by atoms with Crippen molar-refractivity contribution in [2.75, 3.05) is 19.4 Å². The number of nitrogen functional groups attached to an aromatic ring is 1. The predicted octanol–water partition coefficient (Wildman–Crippen LogP) is 2.29. The topological polar surface area (TPSA) is 55.6 Å². The average Bonchev–Trinajstić information content (AvgIpc) is 2.85. The van der Waals surface area contributed by atoms with Crippen LogP contribution in [0.4, 0.5) is 5.69 Å². The predicted molar refractivity (Wildman–Crippen MR) is 71.8 cm³/mol. The molecule has 18 heavy (non-hydrogen) atoms. The van der Waals surface area contributed by atoms with Crippen molar-refractivity contribution in [2.24, 2.45) is 0 Å². The molecule has 2 rings (SSSR count). The van der Waals surface area contributed by atoms with Gasteiger partial charge in [-0.05, 0) is 31.4 Å². The van der Waals surface area contributed by atoms with Gasteiger partial charge in [-0.15, -0.1) is 0 Å². The lowest BCUT2D eigenvalue weighted by molar-refractivity contribution is 0.0733. The van der Waals surface area contributed by atoms with Crippen molar-refractivity contribution in [3.63, 3.8) is 0 Å². The van der Waals surface area contributed by atoms with Crippen LogP contribution in [-0.2, 0) is 0 Å². The number of likely N-dealkylation sites (tertiary alicyclic amines) is 1. The van der Waals surface area contributed by atoms with Gasteiger partial charge >= 0.3 is 0 Å². The summed E-state index contributed by atoms with van der Waals surface area (Å²) in [6, 6.07) is 5.56. The number of nitrogens with two attached hydrogens (primary N) is 1. The van der Waals surface area contributed by atoms with E-state index in [1.807, 2.05) is 4.90 Å². The van der Waals surface area contributed by atoms with Crippen LogP contribution in [0, 0.1) is 0 Å². The molecular formula is C14H20N2O2. The molecule has 1 aliphatic rings. The Kier molecular flexibility index (Phi) is 3.75. The Hall–Kier alpha value is -1.71. The molecule has 0 radical (unpaired) electrons. The average molecular weight is 248 g/mol. The molecule has 1 saturated heterocycles. The van der Waals surface area contributed by atoms with Gasteiger partial charge in [-0.1, -0.05) is 6.92 Å². The van der Waals surface area contributed by atoms with Crippen molar-refractivity contribution >= 4 is 11.6 Å². The number of amides is 1. The van der Waals surface area contributed by atoms with Crippen molar-refractivity contribution < 1.29 is 9.53 Å². The highest BCUT2D eigenvalue weighted by molar-refractivity contribution is 5.96. The summed E-state index contributed by atoms with van der Waals surface area (Å²) in [7, 11) is 1.58. The van der Waals surface area contributed by atoms with Gasteiger partial charge < -0.3 is 15.4 Å². The maximum absolute atomic E-state index is 12.5. The highest BCUT2D eigenvalue weighted by atomic mass is 16.5. The van der Waals surface area contributed by atoms with Gasteiger partial charge in [0.25, 0.3) is 5.91 Å². The molecule has 0 bridgehead atoms. The van der Waals surface area contributed by atoms with Crippen molar-refractivity contribution in [1.29, 1.82) is 0 Å². The smallest absolute Gasteiger partial charge is 0.254 e. The molecule has 1 atom stereocenters. The number of methoxy groups -OCH3 is 1. The highest BCUT2D eigenvalue weighted by Crippen LogP contribution is 2.25. The number of hydrogen-bond donors (Lipinski definition) is 1. The van der Waals surface area contributed by atoms with Crippen LogP contribution in [0.15, 0.2) is 18.2 Å². The molecule has 1 fully saturated rings. The summed E-state index contributed by atoms with van der Waals surface area (Å²) in [5, 5.41) is 0. The molecule has 0 aliphatic carbocycles. The molecule has 2 N–H and O–H groups in total. The zero-order chi connectivity index (χ0) is 13.1. The van der Waals surface area contributed by atoms with E-state index in [1.165, 1.54) is 0 Å². The Morgan fingerprint density at radius 3 is 2.94 bits per heavy atom. The Labute approximate surface area is 108 Å². The summed E-state index contributed by atoms with van der Waals surface area (Å²) in [4.78, 5) is 14.4. The molecule has 0 saturated carbocycles. The van der Waals surface area contributed by atoms with Crippen molar-refractivity contribution in [1.82, 2.24) is 4.90 Å². The van der Waals surface area contributed by atoms with E-state index in [4.69, 9.17) is 10.5 Å². The van der Waals surface area contributed by atoms with Gasteiger partial charge in [-0.2, -0.15) is 0 Å². The van der Waals surface area contributed by atoms with Crippen LogP contribution in [0.5, 0.6) is 5.75 Å². The summed E-state index contributed by atoms with van der Waals surface area (Å²) in [6.07, 6.45) is 3.19. The molecule has 1 unspecified atom stereocenters. The lowest BCUT2D eigenvalue weighted by atomic mass is 10.1. The largest absolute Gasteiger partial charge is 0.497 e. The van der Waals surface area contributed by atoms with Crippen LogP contribution in [-0.4, -0.2) is 30.5 Å². The van der Waals surface area contributed by atoms with Crippen LogP contribution in [0.2, 0.25) is 0 Å². The van der Waals surface area contributed by atoms with Crippen LogP contribution < -0.4 is 10.5 Å². The summed E-state index contributed by atoms with van der Waals surface area (Å²) in [6.45, 7) is 2.96. The molecule has 4 nitrogen and oxygen atoms in total. The molecule has 1 amide bonds. The standard InChI is InChI=1S/C14H20N2O2/c1-3-12-5-4-6-16(12)14(17)10-7-11(15)9-13(8-10)18-2/h7-9,12H,3-6,15H2,1-2H3. The minimum absolute atomic E-state index is 0.0601. The minimum Gasteiger partial charge on any atom is -0.497 e. The zero-order valence-corrected chi connectivity index (χ0v) is 11.0. The number of hydrogen-bond acceptors (Lipinski definition) is 3. The fraction of sp³-hybridized carbons (Fsp3) is 0.500. The van der Waals surface area contributed by atoms with Crippen LogP contribution in [0.3, 0.4) is 0 Å². The number of benzene rings is 1. The van der Waals surface area contributed by atoms with E-state index in [2.05, 4.69) is 6.92 Å². The number of carbonyl (C=O) groups excluding carboxylic acids is 1. The number of ether oxygens (including phenoxy) is 1. The first-order valence-electron chi connectivity index (χ1n) is 6.41. The Balaban J connectivity index is 2.25. The molecule has 0 aromatic heterocycles. The monoisotopic (exact) mass is 248 g/mol. The third-order valence-electron chi connectivity index (χ3n) is 3.52. The summed E-state index contributed by atoms with van der Waals surface area (Å²) in [5.41, 5.74) is 6.97.